The fourth-order valence-electron chi connectivity index (χ4n) is 2.54. The quantitative estimate of drug-likeness (QED) is 0.557. The van der Waals surface area contributed by atoms with E-state index in [1.807, 2.05) is 19.0 Å². The molecule has 0 spiro atoms. The number of hydrogen-bond donors (Lipinski definition) is 0. The molecule has 1 heterocycles. The van der Waals surface area contributed by atoms with Crippen molar-refractivity contribution in [3.05, 3.63) is 0 Å². The Morgan fingerprint density at radius 1 is 1.31 bits per heavy atom. The monoisotopic (exact) mass is 182 g/mol. The summed E-state index contributed by atoms with van der Waals surface area (Å²) in [4.78, 5) is 15.3. The largest absolute Gasteiger partial charge is 0.331 e. The maximum Gasteiger partial charge on any atom is 0.319 e. The predicted octanol–water partition coefficient (Wildman–Crippen LogP) is 1.54. The van der Waals surface area contributed by atoms with Gasteiger partial charge in [0.15, 0.2) is 0 Å². The summed E-state index contributed by atoms with van der Waals surface area (Å²) >= 11 is 0. The molecule has 3 heteroatoms. The number of carbonyl (C=O) groups is 1. The van der Waals surface area contributed by atoms with Crippen LogP contribution in [0.15, 0.2) is 0 Å². The van der Waals surface area contributed by atoms with Crippen LogP contribution in [0, 0.1) is 5.92 Å². The van der Waals surface area contributed by atoms with Crippen LogP contribution >= 0.6 is 0 Å². The third-order valence-electron chi connectivity index (χ3n) is 3.33. The van der Waals surface area contributed by atoms with E-state index in [4.69, 9.17) is 0 Å². The van der Waals surface area contributed by atoms with Crippen molar-refractivity contribution in [1.29, 1.82) is 0 Å². The number of fused-ring (bicyclic) bond motifs is 1. The molecule has 3 nitrogen and oxygen atoms in total. The molecule has 1 saturated heterocycles. The summed E-state index contributed by atoms with van der Waals surface area (Å²) in [6.45, 7) is 1.00. The Balaban J connectivity index is 1.94. The van der Waals surface area contributed by atoms with Crippen LogP contribution in [0.3, 0.4) is 0 Å². The molecule has 74 valence electrons. The van der Waals surface area contributed by atoms with Gasteiger partial charge in [-0.05, 0) is 18.8 Å². The number of urea groups is 1. The van der Waals surface area contributed by atoms with Crippen molar-refractivity contribution in [2.45, 2.75) is 31.7 Å². The Kier molecular flexibility index (Phi) is 2.18. The zero-order valence-electron chi connectivity index (χ0n) is 8.49. The third kappa shape index (κ3) is 1.40. The van der Waals surface area contributed by atoms with Crippen LogP contribution in [0.1, 0.15) is 25.7 Å². The summed E-state index contributed by atoms with van der Waals surface area (Å²) in [5.74, 6) is 0.817. The molecular formula is C10H18N2O. The fraction of sp³-hybridized carbons (Fsp3) is 0.900. The Bertz CT molecular complexity index is 215. The number of amides is 2. The van der Waals surface area contributed by atoms with E-state index < -0.39 is 0 Å². The zero-order chi connectivity index (χ0) is 9.42. The van der Waals surface area contributed by atoms with Gasteiger partial charge < -0.3 is 9.80 Å². The minimum Gasteiger partial charge on any atom is -0.331 e. The van der Waals surface area contributed by atoms with Crippen LogP contribution in [0.25, 0.3) is 0 Å². The highest BCUT2D eigenvalue weighted by Gasteiger charge is 2.43. The van der Waals surface area contributed by atoms with E-state index >= 15 is 0 Å². The first kappa shape index (κ1) is 8.85. The van der Waals surface area contributed by atoms with Crippen LogP contribution in [-0.2, 0) is 0 Å². The number of likely N-dealkylation sites (tertiary alicyclic amines) is 1. The minimum atomic E-state index is 0.197. The lowest BCUT2D eigenvalue weighted by atomic mass is 9.77. The normalized spacial score (nSPS) is 32.0. The maximum atomic E-state index is 11.6. The fourth-order valence-corrected chi connectivity index (χ4v) is 2.54. The van der Waals surface area contributed by atoms with Gasteiger partial charge in [0.25, 0.3) is 0 Å². The van der Waals surface area contributed by atoms with Crippen molar-refractivity contribution in [2.24, 2.45) is 5.92 Å². The standard InChI is InChI=1S/C10H18N2O/c1-11(2)10(13)12-7-8-5-3-4-6-9(8)12/h8-9H,3-7H2,1-2H3. The van der Waals surface area contributed by atoms with Gasteiger partial charge in [0.05, 0.1) is 0 Å². The van der Waals surface area contributed by atoms with Crippen molar-refractivity contribution in [1.82, 2.24) is 9.80 Å². The topological polar surface area (TPSA) is 23.6 Å². The first-order valence-electron chi connectivity index (χ1n) is 5.18. The van der Waals surface area contributed by atoms with E-state index in [0.717, 1.165) is 12.5 Å². The van der Waals surface area contributed by atoms with Crippen LogP contribution in [0.2, 0.25) is 0 Å². The third-order valence-corrected chi connectivity index (χ3v) is 3.33. The van der Waals surface area contributed by atoms with Crippen molar-refractivity contribution >= 4 is 6.03 Å². The second-order valence-electron chi connectivity index (χ2n) is 4.44. The average molecular weight is 182 g/mol. The number of nitrogens with zero attached hydrogens (tertiary/aromatic N) is 2. The molecule has 1 saturated carbocycles. The van der Waals surface area contributed by atoms with Crippen molar-refractivity contribution in [3.8, 4) is 0 Å². The molecule has 1 aliphatic heterocycles. The molecule has 0 aromatic rings. The van der Waals surface area contributed by atoms with E-state index in [-0.39, 0.29) is 6.03 Å². The molecule has 0 radical (unpaired) electrons. The van der Waals surface area contributed by atoms with E-state index in [0.29, 0.717) is 6.04 Å². The van der Waals surface area contributed by atoms with Gasteiger partial charge in [-0.2, -0.15) is 0 Å². The summed E-state index contributed by atoms with van der Waals surface area (Å²) in [5.41, 5.74) is 0. The van der Waals surface area contributed by atoms with Gasteiger partial charge in [-0.1, -0.05) is 12.8 Å². The number of hydrogen-bond acceptors (Lipinski definition) is 1. The van der Waals surface area contributed by atoms with Gasteiger partial charge in [0, 0.05) is 26.7 Å². The lowest BCUT2D eigenvalue weighted by Crippen LogP contribution is -2.61. The summed E-state index contributed by atoms with van der Waals surface area (Å²) in [5, 5.41) is 0. The molecule has 0 aromatic heterocycles. The molecule has 2 atom stereocenters. The second-order valence-corrected chi connectivity index (χ2v) is 4.44. The van der Waals surface area contributed by atoms with Crippen LogP contribution in [0.4, 0.5) is 4.79 Å². The minimum absolute atomic E-state index is 0.197. The van der Waals surface area contributed by atoms with Gasteiger partial charge in [-0.15, -0.1) is 0 Å². The molecule has 13 heavy (non-hydrogen) atoms. The van der Waals surface area contributed by atoms with Gasteiger partial charge in [0.2, 0.25) is 0 Å². The molecule has 1 aliphatic carbocycles. The Hall–Kier alpha value is -0.730. The van der Waals surface area contributed by atoms with Crippen LogP contribution < -0.4 is 0 Å². The molecule has 0 aromatic carbocycles. The summed E-state index contributed by atoms with van der Waals surface area (Å²) < 4.78 is 0. The van der Waals surface area contributed by atoms with Crippen molar-refractivity contribution in [3.63, 3.8) is 0 Å². The van der Waals surface area contributed by atoms with E-state index in [1.165, 1.54) is 25.7 Å². The highest BCUT2D eigenvalue weighted by molar-refractivity contribution is 5.75. The average Bonchev–Trinajstić information content (AvgIpc) is 2.06. The highest BCUT2D eigenvalue weighted by atomic mass is 16.2. The Morgan fingerprint density at radius 3 is 2.62 bits per heavy atom. The smallest absolute Gasteiger partial charge is 0.319 e. The summed E-state index contributed by atoms with van der Waals surface area (Å²) in [7, 11) is 3.66. The van der Waals surface area contributed by atoms with Gasteiger partial charge in [-0.25, -0.2) is 4.79 Å². The summed E-state index contributed by atoms with van der Waals surface area (Å²) in [6.07, 6.45) is 5.23. The zero-order valence-corrected chi connectivity index (χ0v) is 8.49. The number of rotatable bonds is 0. The lowest BCUT2D eigenvalue weighted by molar-refractivity contribution is 0.0101. The highest BCUT2D eigenvalue weighted by Crippen LogP contribution is 2.37. The van der Waals surface area contributed by atoms with Crippen molar-refractivity contribution in [2.75, 3.05) is 20.6 Å². The number of carbonyl (C=O) groups excluding carboxylic acids is 1. The van der Waals surface area contributed by atoms with Crippen molar-refractivity contribution < 1.29 is 4.79 Å². The Labute approximate surface area is 79.7 Å². The first-order valence-corrected chi connectivity index (χ1v) is 5.18. The van der Waals surface area contributed by atoms with Gasteiger partial charge in [0.1, 0.15) is 0 Å². The van der Waals surface area contributed by atoms with E-state index in [1.54, 1.807) is 4.90 Å². The van der Waals surface area contributed by atoms with Gasteiger partial charge in [-0.3, -0.25) is 0 Å². The molecule has 2 amide bonds. The molecule has 2 unspecified atom stereocenters. The van der Waals surface area contributed by atoms with E-state index in [9.17, 15) is 4.79 Å². The van der Waals surface area contributed by atoms with E-state index in [2.05, 4.69) is 0 Å². The van der Waals surface area contributed by atoms with Crippen LogP contribution in [-0.4, -0.2) is 42.5 Å². The molecule has 2 rings (SSSR count). The van der Waals surface area contributed by atoms with Gasteiger partial charge >= 0.3 is 6.03 Å². The maximum absolute atomic E-state index is 11.6. The Morgan fingerprint density at radius 2 is 2.00 bits per heavy atom. The summed E-state index contributed by atoms with van der Waals surface area (Å²) in [6, 6.07) is 0.770. The molecule has 2 fully saturated rings. The SMILES string of the molecule is CN(C)C(=O)N1CC2CCCCC21. The predicted molar refractivity (Wildman–Crippen MR) is 51.5 cm³/mol. The van der Waals surface area contributed by atoms with Crippen LogP contribution in [0.5, 0.6) is 0 Å². The molecule has 0 bridgehead atoms. The molecule has 2 aliphatic rings. The lowest BCUT2D eigenvalue weighted by Gasteiger charge is -2.51. The molecular weight excluding hydrogens is 164 g/mol. The molecule has 0 N–H and O–H groups in total. The first-order chi connectivity index (χ1) is 6.20. The second kappa shape index (κ2) is 3.20.